The summed E-state index contributed by atoms with van der Waals surface area (Å²) in [5.74, 6) is 0. The van der Waals surface area contributed by atoms with Crippen LogP contribution in [0.25, 0.3) is 11.3 Å². The summed E-state index contributed by atoms with van der Waals surface area (Å²) in [6.45, 7) is 4.30. The molecule has 0 N–H and O–H groups in total. The van der Waals surface area contributed by atoms with Crippen LogP contribution in [0.2, 0.25) is 0 Å². The molecule has 0 atom stereocenters. The second-order valence-corrected chi connectivity index (χ2v) is 5.96. The topological polar surface area (TPSA) is 78.0 Å². The van der Waals surface area contributed by atoms with E-state index in [1.165, 1.54) is 28.4 Å². The fourth-order valence-electron chi connectivity index (χ4n) is 2.70. The first kappa shape index (κ1) is 16.6. The second kappa shape index (κ2) is 6.68. The largest absolute Gasteiger partial charge is 0.269 e. The van der Waals surface area contributed by atoms with Gasteiger partial charge in [-0.3, -0.25) is 14.9 Å². The Balaban J connectivity index is 1.94. The van der Waals surface area contributed by atoms with Crippen LogP contribution in [0, 0.1) is 24.0 Å². The van der Waals surface area contributed by atoms with E-state index in [9.17, 15) is 14.9 Å². The first-order chi connectivity index (χ1) is 11.9. The van der Waals surface area contributed by atoms with E-state index in [4.69, 9.17) is 0 Å². The van der Waals surface area contributed by atoms with Gasteiger partial charge in [-0.15, -0.1) is 0 Å². The van der Waals surface area contributed by atoms with Gasteiger partial charge in [0, 0.05) is 23.8 Å². The highest BCUT2D eigenvalue weighted by atomic mass is 16.6. The molecule has 3 aromatic rings. The molecular weight excluding hydrogens is 318 g/mol. The van der Waals surface area contributed by atoms with Gasteiger partial charge in [0.1, 0.15) is 0 Å². The van der Waals surface area contributed by atoms with Gasteiger partial charge in [0.25, 0.3) is 11.2 Å². The first-order valence-corrected chi connectivity index (χ1v) is 7.83. The molecule has 6 nitrogen and oxygen atoms in total. The van der Waals surface area contributed by atoms with Crippen molar-refractivity contribution in [3.05, 3.63) is 91.8 Å². The van der Waals surface area contributed by atoms with Gasteiger partial charge in [-0.2, -0.15) is 5.10 Å². The summed E-state index contributed by atoms with van der Waals surface area (Å²) in [5.41, 5.74) is 4.54. The van der Waals surface area contributed by atoms with Crippen molar-refractivity contribution in [3.8, 4) is 11.3 Å². The number of nitro benzene ring substituents is 1. The van der Waals surface area contributed by atoms with Crippen LogP contribution in [0.4, 0.5) is 5.69 Å². The van der Waals surface area contributed by atoms with Crippen LogP contribution in [-0.4, -0.2) is 14.7 Å². The Morgan fingerprint density at radius 3 is 2.40 bits per heavy atom. The number of rotatable bonds is 4. The van der Waals surface area contributed by atoms with Gasteiger partial charge in [0.15, 0.2) is 0 Å². The molecule has 6 heteroatoms. The molecule has 0 radical (unpaired) electrons. The van der Waals surface area contributed by atoms with E-state index in [-0.39, 0.29) is 17.8 Å². The van der Waals surface area contributed by atoms with Gasteiger partial charge in [0.2, 0.25) is 0 Å². The van der Waals surface area contributed by atoms with Gasteiger partial charge in [0.05, 0.1) is 17.2 Å². The molecule has 1 heterocycles. The van der Waals surface area contributed by atoms with Crippen molar-refractivity contribution < 1.29 is 4.92 Å². The van der Waals surface area contributed by atoms with Crippen molar-refractivity contribution in [1.29, 1.82) is 0 Å². The number of benzene rings is 2. The summed E-state index contributed by atoms with van der Waals surface area (Å²) in [6, 6.07) is 15.4. The van der Waals surface area contributed by atoms with Crippen LogP contribution >= 0.6 is 0 Å². The summed E-state index contributed by atoms with van der Waals surface area (Å²) in [5, 5.41) is 15.2. The van der Waals surface area contributed by atoms with E-state index in [2.05, 4.69) is 11.2 Å². The lowest BCUT2D eigenvalue weighted by Crippen LogP contribution is -2.22. The molecule has 0 bridgehead atoms. The molecule has 25 heavy (non-hydrogen) atoms. The first-order valence-electron chi connectivity index (χ1n) is 7.83. The van der Waals surface area contributed by atoms with Crippen LogP contribution < -0.4 is 5.56 Å². The minimum absolute atomic E-state index is 0.0214. The monoisotopic (exact) mass is 335 g/mol. The number of nitro groups is 1. The minimum Gasteiger partial charge on any atom is -0.268 e. The fraction of sp³-hybridized carbons (Fsp3) is 0.158. The third-order valence-corrected chi connectivity index (χ3v) is 4.00. The van der Waals surface area contributed by atoms with Crippen molar-refractivity contribution in [2.45, 2.75) is 20.4 Å². The van der Waals surface area contributed by atoms with Crippen LogP contribution in [0.1, 0.15) is 16.7 Å². The van der Waals surface area contributed by atoms with E-state index < -0.39 is 4.92 Å². The Hall–Kier alpha value is -3.28. The Labute approximate surface area is 144 Å². The van der Waals surface area contributed by atoms with Crippen molar-refractivity contribution >= 4 is 5.69 Å². The smallest absolute Gasteiger partial charge is 0.268 e. The predicted octanol–water partition coefficient (Wildman–Crippen LogP) is 3.48. The molecule has 3 rings (SSSR count). The Morgan fingerprint density at radius 1 is 1.04 bits per heavy atom. The third-order valence-electron chi connectivity index (χ3n) is 4.00. The molecule has 0 fully saturated rings. The predicted molar refractivity (Wildman–Crippen MR) is 95.6 cm³/mol. The summed E-state index contributed by atoms with van der Waals surface area (Å²) in [4.78, 5) is 22.4. The molecule has 0 saturated carbocycles. The number of nitrogens with zero attached hydrogens (tertiary/aromatic N) is 3. The van der Waals surface area contributed by atoms with Gasteiger partial charge >= 0.3 is 0 Å². The number of hydrogen-bond donors (Lipinski definition) is 0. The molecule has 0 saturated heterocycles. The van der Waals surface area contributed by atoms with Crippen molar-refractivity contribution in [3.63, 3.8) is 0 Å². The van der Waals surface area contributed by atoms with Crippen molar-refractivity contribution in [2.75, 3.05) is 0 Å². The van der Waals surface area contributed by atoms with E-state index in [1.54, 1.807) is 18.2 Å². The van der Waals surface area contributed by atoms with Crippen molar-refractivity contribution in [1.82, 2.24) is 9.78 Å². The van der Waals surface area contributed by atoms with Gasteiger partial charge < -0.3 is 0 Å². The Bertz CT molecular complexity index is 992. The molecule has 0 aliphatic rings. The maximum Gasteiger partial charge on any atom is 0.269 e. The lowest BCUT2D eigenvalue weighted by Gasteiger charge is -2.10. The number of hydrogen-bond acceptors (Lipinski definition) is 4. The van der Waals surface area contributed by atoms with Gasteiger partial charge in [-0.1, -0.05) is 35.9 Å². The van der Waals surface area contributed by atoms with Crippen LogP contribution in [0.3, 0.4) is 0 Å². The van der Waals surface area contributed by atoms with E-state index in [0.29, 0.717) is 0 Å². The summed E-state index contributed by atoms with van der Waals surface area (Å²) >= 11 is 0. The summed E-state index contributed by atoms with van der Waals surface area (Å²) in [6.07, 6.45) is 0. The maximum atomic E-state index is 12.1. The standard InChI is InChI=1S/C19H17N3O3/c1-13-3-8-17(14(2)11-13)18-9-10-19(23)21(20-18)12-15-4-6-16(7-5-15)22(24)25/h3-11H,12H2,1-2H3. The van der Waals surface area contributed by atoms with E-state index in [0.717, 1.165) is 22.4 Å². The van der Waals surface area contributed by atoms with Gasteiger partial charge in [-0.05, 0) is 31.0 Å². The minimum atomic E-state index is -0.449. The third kappa shape index (κ3) is 3.63. The quantitative estimate of drug-likeness (QED) is 0.540. The molecule has 0 aliphatic carbocycles. The maximum absolute atomic E-state index is 12.1. The average molecular weight is 335 g/mol. The molecule has 0 aliphatic heterocycles. The van der Waals surface area contributed by atoms with Crippen LogP contribution in [0.5, 0.6) is 0 Å². The zero-order valence-corrected chi connectivity index (χ0v) is 14.0. The zero-order valence-electron chi connectivity index (χ0n) is 14.0. The molecule has 1 aromatic heterocycles. The van der Waals surface area contributed by atoms with Crippen molar-refractivity contribution in [2.24, 2.45) is 0 Å². The SMILES string of the molecule is Cc1ccc(-c2ccc(=O)n(Cc3ccc([N+](=O)[O-])cc3)n2)c(C)c1. The highest BCUT2D eigenvalue weighted by Crippen LogP contribution is 2.21. The average Bonchev–Trinajstić information content (AvgIpc) is 2.57. The zero-order chi connectivity index (χ0) is 18.0. The molecule has 0 spiro atoms. The van der Waals surface area contributed by atoms with E-state index in [1.807, 2.05) is 26.0 Å². The lowest BCUT2D eigenvalue weighted by molar-refractivity contribution is -0.384. The molecular formula is C19H17N3O3. The Morgan fingerprint density at radius 2 is 1.76 bits per heavy atom. The second-order valence-electron chi connectivity index (χ2n) is 5.96. The molecule has 126 valence electrons. The summed E-state index contributed by atoms with van der Waals surface area (Å²) < 4.78 is 1.37. The van der Waals surface area contributed by atoms with Gasteiger partial charge in [-0.25, -0.2) is 4.68 Å². The molecule has 0 unspecified atom stereocenters. The van der Waals surface area contributed by atoms with Crippen LogP contribution in [-0.2, 0) is 6.54 Å². The fourth-order valence-corrected chi connectivity index (χ4v) is 2.70. The molecule has 0 amide bonds. The summed E-state index contributed by atoms with van der Waals surface area (Å²) in [7, 11) is 0. The Kier molecular flexibility index (Phi) is 4.43. The van der Waals surface area contributed by atoms with Crippen LogP contribution in [0.15, 0.2) is 59.4 Å². The highest BCUT2D eigenvalue weighted by molar-refractivity contribution is 5.63. The number of non-ortho nitro benzene ring substituents is 1. The number of aryl methyl sites for hydroxylation is 2. The normalized spacial score (nSPS) is 10.6. The number of aromatic nitrogens is 2. The highest BCUT2D eigenvalue weighted by Gasteiger charge is 2.08. The lowest BCUT2D eigenvalue weighted by atomic mass is 10.0. The van der Waals surface area contributed by atoms with E-state index >= 15 is 0 Å². The molecule has 2 aromatic carbocycles.